The van der Waals surface area contributed by atoms with Gasteiger partial charge in [0.1, 0.15) is 17.3 Å². The molecule has 1 aliphatic rings. The van der Waals surface area contributed by atoms with Crippen molar-refractivity contribution in [3.63, 3.8) is 0 Å². The molecule has 1 aliphatic heterocycles. The van der Waals surface area contributed by atoms with Crippen LogP contribution in [0.3, 0.4) is 0 Å². The number of rotatable bonds is 9. The second-order valence-electron chi connectivity index (χ2n) is 10.0. The van der Waals surface area contributed by atoms with E-state index in [0.29, 0.717) is 42.6 Å². The molecule has 0 bridgehead atoms. The minimum atomic E-state index is -0.711. The average molecular weight is 526 g/mol. The van der Waals surface area contributed by atoms with Crippen LogP contribution in [0, 0.1) is 11.7 Å². The first-order valence-electron chi connectivity index (χ1n) is 13.2. The van der Waals surface area contributed by atoms with Crippen molar-refractivity contribution in [1.29, 1.82) is 0 Å². The zero-order valence-electron chi connectivity index (χ0n) is 21.8. The second kappa shape index (κ2) is 11.7. The third-order valence-corrected chi connectivity index (χ3v) is 7.55. The van der Waals surface area contributed by atoms with Gasteiger partial charge in [-0.25, -0.2) is 4.39 Å². The van der Waals surface area contributed by atoms with Gasteiger partial charge in [-0.1, -0.05) is 61.0 Å². The summed E-state index contributed by atoms with van der Waals surface area (Å²) in [5, 5.41) is 21.6. The number of phenolic OH excluding ortho intramolecular Hbond substituents is 1. The predicted octanol–water partition coefficient (Wildman–Crippen LogP) is 7.21. The fourth-order valence-corrected chi connectivity index (χ4v) is 5.53. The fourth-order valence-electron chi connectivity index (χ4n) is 5.53. The maximum atomic E-state index is 13.4. The Morgan fingerprint density at radius 1 is 0.949 bits per heavy atom. The van der Waals surface area contributed by atoms with E-state index in [2.05, 4.69) is 0 Å². The van der Waals surface area contributed by atoms with Crippen LogP contribution in [0.4, 0.5) is 10.1 Å². The molecule has 0 aromatic heterocycles. The van der Waals surface area contributed by atoms with Gasteiger partial charge in [-0.15, -0.1) is 0 Å². The first kappa shape index (κ1) is 26.4. The quantitative estimate of drug-likeness (QED) is 0.242. The van der Waals surface area contributed by atoms with E-state index in [9.17, 15) is 19.4 Å². The van der Waals surface area contributed by atoms with Crippen LogP contribution in [0.25, 0.3) is 11.1 Å². The molecule has 4 aromatic carbocycles. The summed E-state index contributed by atoms with van der Waals surface area (Å²) in [7, 11) is 1.55. The van der Waals surface area contributed by atoms with E-state index >= 15 is 0 Å². The van der Waals surface area contributed by atoms with Crippen molar-refractivity contribution in [2.45, 2.75) is 37.8 Å². The molecule has 6 heteroatoms. The third kappa shape index (κ3) is 5.81. The minimum absolute atomic E-state index is 0.00763. The summed E-state index contributed by atoms with van der Waals surface area (Å²) < 4.78 is 18.5. The number of phenols is 1. The Labute approximate surface area is 228 Å². The molecule has 1 saturated heterocycles. The molecular weight excluding hydrogens is 493 g/mol. The lowest BCUT2D eigenvalue weighted by atomic mass is 9.87. The lowest BCUT2D eigenvalue weighted by Crippen LogP contribution is -2.28. The predicted molar refractivity (Wildman–Crippen MR) is 150 cm³/mol. The highest BCUT2D eigenvalue weighted by Gasteiger charge is 2.42. The van der Waals surface area contributed by atoms with Gasteiger partial charge in [0.25, 0.3) is 0 Å². The summed E-state index contributed by atoms with van der Waals surface area (Å²) in [4.78, 5) is 15.2. The number of benzene rings is 4. The highest BCUT2D eigenvalue weighted by molar-refractivity contribution is 5.97. The van der Waals surface area contributed by atoms with Crippen LogP contribution in [0.5, 0.6) is 11.5 Å². The number of methoxy groups -OCH3 is 1. The number of carbonyl (C=O) groups excluding carboxylic acids is 1. The lowest BCUT2D eigenvalue weighted by molar-refractivity contribution is -0.117. The molecule has 1 fully saturated rings. The molecule has 0 radical (unpaired) electrons. The Hall–Kier alpha value is -4.16. The molecule has 39 heavy (non-hydrogen) atoms. The summed E-state index contributed by atoms with van der Waals surface area (Å²) in [5.41, 5.74) is 4.26. The van der Waals surface area contributed by atoms with Gasteiger partial charge in [-0.3, -0.25) is 4.79 Å². The zero-order valence-corrected chi connectivity index (χ0v) is 21.8. The van der Waals surface area contributed by atoms with Gasteiger partial charge in [-0.05, 0) is 71.8 Å². The SMILES string of the molecule is COc1ccc(C2[C@@H](CCCC(O)c3ccc(F)cc3)CC(=O)N2c2ccc(-c3ccccc3)cc2)c(O)c1. The van der Waals surface area contributed by atoms with Crippen molar-refractivity contribution in [3.8, 4) is 22.6 Å². The molecule has 0 saturated carbocycles. The number of aromatic hydroxyl groups is 1. The normalized spacial score (nSPS) is 17.8. The van der Waals surface area contributed by atoms with E-state index in [1.54, 1.807) is 36.3 Å². The topological polar surface area (TPSA) is 70.0 Å². The Morgan fingerprint density at radius 2 is 1.64 bits per heavy atom. The minimum Gasteiger partial charge on any atom is -0.507 e. The zero-order chi connectivity index (χ0) is 27.4. The van der Waals surface area contributed by atoms with Gasteiger partial charge < -0.3 is 19.8 Å². The summed E-state index contributed by atoms with van der Waals surface area (Å²) in [6.45, 7) is 0. The molecule has 5 nitrogen and oxygen atoms in total. The van der Waals surface area contributed by atoms with Crippen molar-refractivity contribution in [2.75, 3.05) is 12.0 Å². The number of amides is 1. The molecule has 3 atom stereocenters. The molecule has 2 unspecified atom stereocenters. The highest BCUT2D eigenvalue weighted by Crippen LogP contribution is 2.47. The number of anilines is 1. The monoisotopic (exact) mass is 525 g/mol. The van der Waals surface area contributed by atoms with Crippen LogP contribution in [-0.2, 0) is 4.79 Å². The van der Waals surface area contributed by atoms with Gasteiger partial charge in [0.05, 0.1) is 19.3 Å². The fraction of sp³-hybridized carbons (Fsp3) is 0.242. The van der Waals surface area contributed by atoms with E-state index in [1.807, 2.05) is 60.7 Å². The van der Waals surface area contributed by atoms with Gasteiger partial charge in [0, 0.05) is 23.7 Å². The number of ether oxygens (including phenoxy) is 1. The van der Waals surface area contributed by atoms with Gasteiger partial charge in [0.2, 0.25) is 5.91 Å². The van der Waals surface area contributed by atoms with Crippen LogP contribution < -0.4 is 9.64 Å². The van der Waals surface area contributed by atoms with Gasteiger partial charge in [-0.2, -0.15) is 0 Å². The Balaban J connectivity index is 1.39. The van der Waals surface area contributed by atoms with E-state index in [-0.39, 0.29) is 29.4 Å². The summed E-state index contributed by atoms with van der Waals surface area (Å²) in [6.07, 6.45) is 1.47. The number of hydrogen-bond acceptors (Lipinski definition) is 4. The number of nitrogens with zero attached hydrogens (tertiary/aromatic N) is 1. The molecule has 0 spiro atoms. The third-order valence-electron chi connectivity index (χ3n) is 7.55. The van der Waals surface area contributed by atoms with Crippen LogP contribution in [0.1, 0.15) is 49.0 Å². The van der Waals surface area contributed by atoms with E-state index in [0.717, 1.165) is 16.8 Å². The van der Waals surface area contributed by atoms with Crippen molar-refractivity contribution in [2.24, 2.45) is 5.92 Å². The Bertz CT molecular complexity index is 1410. The second-order valence-corrected chi connectivity index (χ2v) is 10.0. The smallest absolute Gasteiger partial charge is 0.227 e. The van der Waals surface area contributed by atoms with Crippen molar-refractivity contribution in [3.05, 3.63) is 114 Å². The Morgan fingerprint density at radius 3 is 2.31 bits per heavy atom. The number of halogens is 1. The van der Waals surface area contributed by atoms with Crippen LogP contribution >= 0.6 is 0 Å². The van der Waals surface area contributed by atoms with Crippen molar-refractivity contribution < 1.29 is 24.1 Å². The lowest BCUT2D eigenvalue weighted by Gasteiger charge is -2.30. The molecule has 0 aliphatic carbocycles. The number of aliphatic hydroxyl groups excluding tert-OH is 1. The van der Waals surface area contributed by atoms with Gasteiger partial charge >= 0.3 is 0 Å². The molecule has 2 N–H and O–H groups in total. The Kier molecular flexibility index (Phi) is 7.94. The maximum Gasteiger partial charge on any atom is 0.227 e. The molecule has 1 heterocycles. The van der Waals surface area contributed by atoms with E-state index < -0.39 is 6.10 Å². The van der Waals surface area contributed by atoms with Crippen LogP contribution in [0.15, 0.2) is 97.1 Å². The first-order valence-corrected chi connectivity index (χ1v) is 13.2. The van der Waals surface area contributed by atoms with Crippen LogP contribution in [0.2, 0.25) is 0 Å². The standard InChI is InChI=1S/C33H32FNO4/c1-39-28-18-19-29(31(37)21-28)33-25(8-5-9-30(36)24-10-14-26(34)15-11-24)20-32(38)35(33)27-16-12-23(13-17-27)22-6-3-2-4-7-22/h2-4,6-7,10-19,21,25,30,33,36-37H,5,8-9,20H2,1H3/t25-,30?,33?/m0/s1. The van der Waals surface area contributed by atoms with Crippen molar-refractivity contribution in [1.82, 2.24) is 0 Å². The van der Waals surface area contributed by atoms with Crippen molar-refractivity contribution >= 4 is 11.6 Å². The largest absolute Gasteiger partial charge is 0.507 e. The molecule has 1 amide bonds. The molecule has 5 rings (SSSR count). The van der Waals surface area contributed by atoms with Gasteiger partial charge in [0.15, 0.2) is 0 Å². The number of hydrogen-bond donors (Lipinski definition) is 2. The summed E-state index contributed by atoms with van der Waals surface area (Å²) in [5.74, 6) is 0.210. The van der Waals surface area contributed by atoms with Crippen LogP contribution in [-0.4, -0.2) is 23.2 Å². The highest BCUT2D eigenvalue weighted by atomic mass is 19.1. The number of carbonyl (C=O) groups is 1. The first-order chi connectivity index (χ1) is 18.9. The van der Waals surface area contributed by atoms with E-state index in [4.69, 9.17) is 4.74 Å². The average Bonchev–Trinajstić information content (AvgIpc) is 3.29. The molecular formula is C33H32FNO4. The summed E-state index contributed by atoms with van der Waals surface area (Å²) >= 11 is 0. The van der Waals surface area contributed by atoms with E-state index in [1.165, 1.54) is 12.1 Å². The maximum absolute atomic E-state index is 13.4. The summed E-state index contributed by atoms with van der Waals surface area (Å²) in [6, 6.07) is 28.7. The molecule has 200 valence electrons. The molecule has 4 aromatic rings. The number of aliphatic hydroxyl groups is 1.